The first-order chi connectivity index (χ1) is 14.2. The summed E-state index contributed by atoms with van der Waals surface area (Å²) in [4.78, 5) is 17.4. The molecule has 0 bridgehead atoms. The summed E-state index contributed by atoms with van der Waals surface area (Å²) in [5.74, 6) is 0.0912. The Kier molecular flexibility index (Phi) is 6.07. The lowest BCUT2D eigenvalue weighted by Gasteiger charge is -2.34. The zero-order valence-corrected chi connectivity index (χ0v) is 16.8. The minimum atomic E-state index is -0.787. The van der Waals surface area contributed by atoms with E-state index < -0.39 is 5.97 Å². The molecule has 3 heterocycles. The third-order valence-corrected chi connectivity index (χ3v) is 6.13. The van der Waals surface area contributed by atoms with Crippen molar-refractivity contribution in [2.24, 2.45) is 0 Å². The van der Waals surface area contributed by atoms with E-state index in [-0.39, 0.29) is 18.5 Å². The molecular formula is C22H24N4O2S. The van der Waals surface area contributed by atoms with Crippen LogP contribution >= 0.6 is 11.3 Å². The molecule has 29 heavy (non-hydrogen) atoms. The van der Waals surface area contributed by atoms with Crippen molar-refractivity contribution in [3.63, 3.8) is 0 Å². The largest absolute Gasteiger partial charge is 0.481 e. The summed E-state index contributed by atoms with van der Waals surface area (Å²) in [6, 6.07) is 18.6. The molecule has 0 saturated heterocycles. The van der Waals surface area contributed by atoms with Gasteiger partial charge >= 0.3 is 5.97 Å². The quantitative estimate of drug-likeness (QED) is 0.456. The molecule has 0 fully saturated rings. The van der Waals surface area contributed by atoms with E-state index in [0.717, 1.165) is 35.9 Å². The molecule has 4 rings (SSSR count). The summed E-state index contributed by atoms with van der Waals surface area (Å²) < 4.78 is 0. The number of aliphatic carboxylic acids is 1. The molecule has 0 unspecified atom stereocenters. The number of aromatic nitrogens is 1. The number of nitrogens with zero attached hydrogens (tertiary/aromatic N) is 1. The van der Waals surface area contributed by atoms with Crippen LogP contribution in [0.25, 0.3) is 0 Å². The number of carbonyl (C=O) groups is 1. The molecule has 7 heteroatoms. The van der Waals surface area contributed by atoms with Gasteiger partial charge in [0.15, 0.2) is 0 Å². The molecule has 1 aromatic carbocycles. The molecule has 1 aliphatic heterocycles. The average molecular weight is 409 g/mol. The van der Waals surface area contributed by atoms with Crippen molar-refractivity contribution in [2.45, 2.75) is 24.9 Å². The number of carboxylic acids is 1. The predicted molar refractivity (Wildman–Crippen MR) is 117 cm³/mol. The summed E-state index contributed by atoms with van der Waals surface area (Å²) in [5.41, 5.74) is 2.25. The molecule has 3 aromatic rings. The molecule has 2 atom stereocenters. The molecular weight excluding hydrogens is 384 g/mol. The van der Waals surface area contributed by atoms with Crippen molar-refractivity contribution in [3.05, 3.63) is 76.1 Å². The number of rotatable bonds is 8. The van der Waals surface area contributed by atoms with Crippen LogP contribution in [-0.4, -0.2) is 35.2 Å². The molecule has 1 aliphatic rings. The fourth-order valence-corrected chi connectivity index (χ4v) is 4.62. The van der Waals surface area contributed by atoms with Crippen molar-refractivity contribution in [3.8, 4) is 0 Å². The van der Waals surface area contributed by atoms with Gasteiger partial charge in [0.2, 0.25) is 0 Å². The van der Waals surface area contributed by atoms with Crippen LogP contribution in [0.5, 0.6) is 0 Å². The Morgan fingerprint density at radius 1 is 1.17 bits per heavy atom. The summed E-state index contributed by atoms with van der Waals surface area (Å²) in [6.07, 6.45) is 2.75. The lowest BCUT2D eigenvalue weighted by atomic mass is 9.97. The second kappa shape index (κ2) is 9.07. The van der Waals surface area contributed by atoms with Gasteiger partial charge in [-0.3, -0.25) is 4.79 Å². The van der Waals surface area contributed by atoms with Crippen LogP contribution in [0.3, 0.4) is 0 Å². The van der Waals surface area contributed by atoms with Crippen molar-refractivity contribution in [1.29, 1.82) is 0 Å². The number of hydrogen-bond acceptors (Lipinski definition) is 6. The summed E-state index contributed by atoms with van der Waals surface area (Å²) in [6.45, 7) is 1.60. The van der Waals surface area contributed by atoms with Crippen LogP contribution < -0.4 is 16.0 Å². The van der Waals surface area contributed by atoms with Crippen molar-refractivity contribution < 1.29 is 9.90 Å². The van der Waals surface area contributed by atoms with Gasteiger partial charge in [-0.15, -0.1) is 11.3 Å². The number of hydrogen-bond donors (Lipinski definition) is 4. The Morgan fingerprint density at radius 3 is 2.83 bits per heavy atom. The number of anilines is 2. The van der Waals surface area contributed by atoms with Gasteiger partial charge in [0.1, 0.15) is 5.82 Å². The number of fused-ring (bicyclic) bond motifs is 1. The fourth-order valence-electron chi connectivity index (χ4n) is 3.62. The third-order valence-electron chi connectivity index (χ3n) is 4.98. The van der Waals surface area contributed by atoms with Gasteiger partial charge in [0.25, 0.3) is 0 Å². The van der Waals surface area contributed by atoms with E-state index in [1.54, 1.807) is 17.5 Å². The Balaban J connectivity index is 1.43. The highest BCUT2D eigenvalue weighted by Crippen LogP contribution is 2.28. The molecule has 2 aromatic heterocycles. The molecule has 0 amide bonds. The summed E-state index contributed by atoms with van der Waals surface area (Å²) in [5, 5.41) is 19.7. The van der Waals surface area contributed by atoms with Gasteiger partial charge in [0, 0.05) is 29.0 Å². The van der Waals surface area contributed by atoms with Gasteiger partial charge in [-0.1, -0.05) is 30.3 Å². The first-order valence-corrected chi connectivity index (χ1v) is 10.5. The second-order valence-electron chi connectivity index (χ2n) is 7.06. The molecule has 6 nitrogen and oxygen atoms in total. The van der Waals surface area contributed by atoms with Crippen molar-refractivity contribution in [2.75, 3.05) is 23.7 Å². The van der Waals surface area contributed by atoms with E-state index in [9.17, 15) is 4.79 Å². The molecule has 0 radical (unpaired) electrons. The monoisotopic (exact) mass is 408 g/mol. The van der Waals surface area contributed by atoms with Gasteiger partial charge < -0.3 is 21.1 Å². The Labute approximate surface area is 174 Å². The smallest absolute Gasteiger partial charge is 0.308 e. The van der Waals surface area contributed by atoms with Crippen molar-refractivity contribution in [1.82, 2.24) is 10.3 Å². The topological polar surface area (TPSA) is 86.3 Å². The van der Waals surface area contributed by atoms with Crippen LogP contribution in [0.1, 0.15) is 21.4 Å². The Bertz CT molecular complexity index is 960. The minimum Gasteiger partial charge on any atom is -0.481 e. The maximum Gasteiger partial charge on any atom is 0.308 e. The van der Waals surface area contributed by atoms with E-state index in [1.807, 2.05) is 30.3 Å². The minimum absolute atomic E-state index is 0.0921. The number of thiophene rings is 1. The number of pyridine rings is 1. The lowest BCUT2D eigenvalue weighted by Crippen LogP contribution is -2.44. The van der Waals surface area contributed by atoms with Gasteiger partial charge in [-0.2, -0.15) is 0 Å². The second-order valence-corrected chi connectivity index (χ2v) is 8.32. The van der Waals surface area contributed by atoms with Gasteiger partial charge in [0.05, 0.1) is 24.2 Å². The maximum atomic E-state index is 10.9. The van der Waals surface area contributed by atoms with E-state index >= 15 is 0 Å². The average Bonchev–Trinajstić information content (AvgIpc) is 3.18. The predicted octanol–water partition coefficient (Wildman–Crippen LogP) is 3.55. The maximum absolute atomic E-state index is 10.9. The molecule has 0 saturated carbocycles. The van der Waals surface area contributed by atoms with Crippen LogP contribution in [0.4, 0.5) is 11.5 Å². The first-order valence-electron chi connectivity index (χ1n) is 9.72. The number of nitrogens with one attached hydrogen (secondary N) is 3. The standard InChI is InChI=1S/C22H24N4O2S/c27-20(28)13-17-9-8-16(29-17)10-12-23-21(15-5-2-1-3-6-15)19-14-25-18-7-4-11-24-22(18)26-19/h1-9,11,19,21,23,25H,10,12-14H2,(H,24,26)(H,27,28)/t19-,21-/m1/s1. The molecule has 150 valence electrons. The van der Waals surface area contributed by atoms with Gasteiger partial charge in [-0.05, 0) is 36.2 Å². The van der Waals surface area contributed by atoms with Crippen LogP contribution in [-0.2, 0) is 17.6 Å². The normalized spacial score (nSPS) is 16.3. The number of benzene rings is 1. The van der Waals surface area contributed by atoms with E-state index in [0.29, 0.717) is 0 Å². The lowest BCUT2D eigenvalue weighted by molar-refractivity contribution is -0.136. The third kappa shape index (κ3) is 4.93. The number of carboxylic acid groups (broad SMARTS) is 1. The highest BCUT2D eigenvalue weighted by atomic mass is 32.1. The Morgan fingerprint density at radius 2 is 2.00 bits per heavy atom. The van der Waals surface area contributed by atoms with Crippen LogP contribution in [0.2, 0.25) is 0 Å². The highest BCUT2D eigenvalue weighted by molar-refractivity contribution is 7.12. The van der Waals surface area contributed by atoms with E-state index in [1.165, 1.54) is 10.4 Å². The van der Waals surface area contributed by atoms with Crippen LogP contribution in [0.15, 0.2) is 60.8 Å². The SMILES string of the molecule is O=C(O)Cc1ccc(CCN[C@H](c2ccccc2)[C@H]2CNc3cccnc3N2)s1. The fraction of sp³-hybridized carbons (Fsp3) is 0.273. The molecule has 0 spiro atoms. The Hall–Kier alpha value is -2.90. The first kappa shape index (κ1) is 19.4. The summed E-state index contributed by atoms with van der Waals surface area (Å²) >= 11 is 1.58. The van der Waals surface area contributed by atoms with Crippen molar-refractivity contribution >= 4 is 28.8 Å². The molecule has 0 aliphatic carbocycles. The highest BCUT2D eigenvalue weighted by Gasteiger charge is 2.27. The molecule has 4 N–H and O–H groups in total. The zero-order valence-electron chi connectivity index (χ0n) is 16.0. The van der Waals surface area contributed by atoms with Crippen LogP contribution in [0, 0.1) is 0 Å². The van der Waals surface area contributed by atoms with E-state index in [2.05, 4.69) is 45.2 Å². The van der Waals surface area contributed by atoms with Gasteiger partial charge in [-0.25, -0.2) is 4.98 Å². The summed E-state index contributed by atoms with van der Waals surface area (Å²) in [7, 11) is 0. The zero-order chi connectivity index (χ0) is 20.1. The van der Waals surface area contributed by atoms with E-state index in [4.69, 9.17) is 5.11 Å².